The highest BCUT2D eigenvalue weighted by molar-refractivity contribution is 5.75. The minimum atomic E-state index is -0.429. The maximum absolute atomic E-state index is 11.6. The van der Waals surface area contributed by atoms with Crippen molar-refractivity contribution in [3.8, 4) is 0 Å². The molecule has 2 rings (SSSR count). The largest absolute Gasteiger partial charge is 0.460 e. The number of ether oxygens (including phenoxy) is 3. The minimum Gasteiger partial charge on any atom is -0.460 e. The van der Waals surface area contributed by atoms with Gasteiger partial charge in [0.25, 0.3) is 0 Å². The average molecular weight is 215 g/mol. The molecule has 0 aromatic carbocycles. The van der Waals surface area contributed by atoms with E-state index in [1.807, 2.05) is 0 Å². The molecule has 1 atom stereocenters. The van der Waals surface area contributed by atoms with Crippen molar-refractivity contribution in [2.45, 2.75) is 25.0 Å². The second-order valence-electron chi connectivity index (χ2n) is 3.81. The number of nitrogens with one attached hydrogen (secondary N) is 1. The van der Waals surface area contributed by atoms with Gasteiger partial charge >= 0.3 is 5.97 Å². The van der Waals surface area contributed by atoms with Crippen LogP contribution in [-0.2, 0) is 19.0 Å². The fourth-order valence-corrected chi connectivity index (χ4v) is 1.75. The fourth-order valence-electron chi connectivity index (χ4n) is 1.75. The molecule has 2 heterocycles. The van der Waals surface area contributed by atoms with E-state index in [1.165, 1.54) is 0 Å². The van der Waals surface area contributed by atoms with E-state index in [1.54, 1.807) is 0 Å². The summed E-state index contributed by atoms with van der Waals surface area (Å²) in [4.78, 5) is 11.6. The van der Waals surface area contributed by atoms with Gasteiger partial charge in [-0.1, -0.05) is 0 Å². The van der Waals surface area contributed by atoms with E-state index in [-0.39, 0.29) is 12.1 Å². The molecule has 1 N–H and O–H groups in total. The van der Waals surface area contributed by atoms with Crippen LogP contribution in [0.15, 0.2) is 0 Å². The number of carbonyl (C=O) groups is 1. The molecule has 5 nitrogen and oxygen atoms in total. The standard InChI is InChI=1S/C10H17NO4/c12-10(9-7-11-3-6-14-9)15-8-1-4-13-5-2-8/h8-9,11H,1-7H2. The molecule has 0 spiro atoms. The van der Waals surface area contributed by atoms with Gasteiger partial charge in [-0.3, -0.25) is 0 Å². The van der Waals surface area contributed by atoms with Gasteiger partial charge in [0.05, 0.1) is 19.8 Å². The molecule has 0 radical (unpaired) electrons. The maximum Gasteiger partial charge on any atom is 0.336 e. The highest BCUT2D eigenvalue weighted by atomic mass is 16.6. The Bertz CT molecular complexity index is 209. The summed E-state index contributed by atoms with van der Waals surface area (Å²) >= 11 is 0. The van der Waals surface area contributed by atoms with Crippen molar-refractivity contribution < 1.29 is 19.0 Å². The SMILES string of the molecule is O=C(OC1CCOCC1)C1CNCCO1. The van der Waals surface area contributed by atoms with Crippen molar-refractivity contribution in [2.75, 3.05) is 32.9 Å². The molecule has 0 bridgehead atoms. The normalized spacial score (nSPS) is 28.7. The molecular weight excluding hydrogens is 198 g/mol. The zero-order chi connectivity index (χ0) is 10.5. The van der Waals surface area contributed by atoms with Crippen LogP contribution in [0.5, 0.6) is 0 Å². The summed E-state index contributed by atoms with van der Waals surface area (Å²) in [5.74, 6) is -0.242. The van der Waals surface area contributed by atoms with Gasteiger partial charge < -0.3 is 19.5 Å². The van der Waals surface area contributed by atoms with E-state index in [4.69, 9.17) is 14.2 Å². The van der Waals surface area contributed by atoms with Crippen molar-refractivity contribution in [1.82, 2.24) is 5.32 Å². The van der Waals surface area contributed by atoms with Crippen molar-refractivity contribution in [1.29, 1.82) is 0 Å². The number of rotatable bonds is 2. The van der Waals surface area contributed by atoms with E-state index < -0.39 is 6.10 Å². The van der Waals surface area contributed by atoms with E-state index in [9.17, 15) is 4.79 Å². The second kappa shape index (κ2) is 5.44. The van der Waals surface area contributed by atoms with E-state index in [0.717, 1.165) is 19.4 Å². The predicted molar refractivity (Wildman–Crippen MR) is 52.5 cm³/mol. The highest BCUT2D eigenvalue weighted by Gasteiger charge is 2.26. The van der Waals surface area contributed by atoms with Gasteiger partial charge in [0.1, 0.15) is 6.10 Å². The Morgan fingerprint density at radius 1 is 1.27 bits per heavy atom. The monoisotopic (exact) mass is 215 g/mol. The molecular formula is C10H17NO4. The molecule has 2 saturated heterocycles. The number of esters is 1. The Balaban J connectivity index is 1.74. The minimum absolute atomic E-state index is 0.0109. The summed E-state index contributed by atoms with van der Waals surface area (Å²) in [7, 11) is 0. The number of hydrogen-bond acceptors (Lipinski definition) is 5. The molecule has 2 fully saturated rings. The summed E-state index contributed by atoms with van der Waals surface area (Å²) in [6, 6.07) is 0. The molecule has 0 amide bonds. The van der Waals surface area contributed by atoms with Gasteiger partial charge in [0.2, 0.25) is 0 Å². The maximum atomic E-state index is 11.6. The van der Waals surface area contributed by atoms with Gasteiger partial charge in [-0.05, 0) is 0 Å². The topological polar surface area (TPSA) is 56.8 Å². The van der Waals surface area contributed by atoms with E-state index in [2.05, 4.69) is 5.32 Å². The Kier molecular flexibility index (Phi) is 3.94. The van der Waals surface area contributed by atoms with Gasteiger partial charge in [0.15, 0.2) is 6.10 Å². The Morgan fingerprint density at radius 2 is 2.07 bits per heavy atom. The van der Waals surface area contributed by atoms with Crippen LogP contribution in [0.2, 0.25) is 0 Å². The summed E-state index contributed by atoms with van der Waals surface area (Å²) < 4.78 is 15.9. The van der Waals surface area contributed by atoms with Gasteiger partial charge in [0, 0.05) is 25.9 Å². The van der Waals surface area contributed by atoms with Crippen LogP contribution in [-0.4, -0.2) is 51.1 Å². The van der Waals surface area contributed by atoms with Gasteiger partial charge in [-0.15, -0.1) is 0 Å². The van der Waals surface area contributed by atoms with Crippen molar-refractivity contribution in [2.24, 2.45) is 0 Å². The summed E-state index contributed by atoms with van der Waals surface area (Å²) in [6.45, 7) is 3.31. The third-order valence-electron chi connectivity index (χ3n) is 2.64. The van der Waals surface area contributed by atoms with Crippen LogP contribution in [0.25, 0.3) is 0 Å². The number of hydrogen-bond donors (Lipinski definition) is 1. The molecule has 15 heavy (non-hydrogen) atoms. The Morgan fingerprint density at radius 3 is 2.73 bits per heavy atom. The first-order chi connectivity index (χ1) is 7.36. The molecule has 0 saturated carbocycles. The van der Waals surface area contributed by atoms with E-state index >= 15 is 0 Å². The number of morpholine rings is 1. The van der Waals surface area contributed by atoms with Crippen molar-refractivity contribution in [3.63, 3.8) is 0 Å². The molecule has 0 aromatic heterocycles. The third kappa shape index (κ3) is 3.15. The average Bonchev–Trinajstić information content (AvgIpc) is 2.31. The molecule has 2 aliphatic heterocycles. The van der Waals surface area contributed by atoms with Crippen LogP contribution in [0.1, 0.15) is 12.8 Å². The van der Waals surface area contributed by atoms with Crippen molar-refractivity contribution in [3.05, 3.63) is 0 Å². The zero-order valence-electron chi connectivity index (χ0n) is 8.74. The molecule has 0 aromatic rings. The first-order valence-corrected chi connectivity index (χ1v) is 5.47. The Hall–Kier alpha value is -0.650. The predicted octanol–water partition coefficient (Wildman–Crippen LogP) is -0.303. The lowest BCUT2D eigenvalue weighted by atomic mass is 10.1. The third-order valence-corrected chi connectivity index (χ3v) is 2.64. The quantitative estimate of drug-likeness (QED) is 0.641. The molecule has 86 valence electrons. The van der Waals surface area contributed by atoms with Crippen LogP contribution < -0.4 is 5.32 Å². The lowest BCUT2D eigenvalue weighted by Gasteiger charge is -2.26. The Labute approximate surface area is 89.1 Å². The molecule has 5 heteroatoms. The van der Waals surface area contributed by atoms with Crippen LogP contribution in [0.3, 0.4) is 0 Å². The summed E-state index contributed by atoms with van der Waals surface area (Å²) in [5, 5.41) is 3.10. The van der Waals surface area contributed by atoms with Crippen molar-refractivity contribution >= 4 is 5.97 Å². The highest BCUT2D eigenvalue weighted by Crippen LogP contribution is 2.12. The van der Waals surface area contributed by atoms with Crippen LogP contribution in [0.4, 0.5) is 0 Å². The van der Waals surface area contributed by atoms with Crippen LogP contribution in [0, 0.1) is 0 Å². The molecule has 0 aliphatic carbocycles. The first-order valence-electron chi connectivity index (χ1n) is 5.47. The van der Waals surface area contributed by atoms with Gasteiger partial charge in [-0.25, -0.2) is 4.79 Å². The van der Waals surface area contributed by atoms with Gasteiger partial charge in [-0.2, -0.15) is 0 Å². The summed E-state index contributed by atoms with van der Waals surface area (Å²) in [6.07, 6.45) is 1.18. The zero-order valence-corrected chi connectivity index (χ0v) is 8.74. The lowest BCUT2D eigenvalue weighted by molar-refractivity contribution is -0.167. The smallest absolute Gasteiger partial charge is 0.336 e. The fraction of sp³-hybridized carbons (Fsp3) is 0.900. The summed E-state index contributed by atoms with van der Waals surface area (Å²) in [5.41, 5.74) is 0. The molecule has 2 aliphatic rings. The number of carbonyl (C=O) groups excluding carboxylic acids is 1. The lowest BCUT2D eigenvalue weighted by Crippen LogP contribution is -2.45. The van der Waals surface area contributed by atoms with E-state index in [0.29, 0.717) is 26.4 Å². The second-order valence-corrected chi connectivity index (χ2v) is 3.81. The molecule has 1 unspecified atom stereocenters. The van der Waals surface area contributed by atoms with Crippen LogP contribution >= 0.6 is 0 Å². The first kappa shape index (κ1) is 10.9.